The number of hydrogen-bond acceptors (Lipinski definition) is 3. The van der Waals surface area contributed by atoms with Crippen molar-refractivity contribution in [2.75, 3.05) is 18.0 Å². The topological polar surface area (TPSA) is 58.0 Å². The van der Waals surface area contributed by atoms with Crippen LogP contribution in [0.15, 0.2) is 53.5 Å². The number of benzene rings is 1. The van der Waals surface area contributed by atoms with Gasteiger partial charge in [-0.3, -0.25) is 0 Å². The molecule has 0 unspecified atom stereocenters. The van der Waals surface area contributed by atoms with E-state index >= 15 is 0 Å². The molecule has 25 heavy (non-hydrogen) atoms. The third-order valence-electron chi connectivity index (χ3n) is 4.72. The van der Waals surface area contributed by atoms with Crippen LogP contribution in [0.1, 0.15) is 6.42 Å². The second-order valence-corrected chi connectivity index (χ2v) is 6.57. The molecular formula is C18H15ClN5O+. The van der Waals surface area contributed by atoms with Crippen molar-refractivity contribution in [3.63, 3.8) is 0 Å². The fourth-order valence-corrected chi connectivity index (χ4v) is 3.42. The summed E-state index contributed by atoms with van der Waals surface area (Å²) >= 11 is 5.85. The Morgan fingerprint density at radius 1 is 1.12 bits per heavy atom. The third-order valence-corrected chi connectivity index (χ3v) is 4.95. The highest BCUT2D eigenvalue weighted by atomic mass is 35.5. The van der Waals surface area contributed by atoms with Crippen LogP contribution in [0.25, 0.3) is 22.1 Å². The Bertz CT molecular complexity index is 1160. The molecule has 4 heterocycles. The van der Waals surface area contributed by atoms with Gasteiger partial charge in [0.1, 0.15) is 5.15 Å². The maximum absolute atomic E-state index is 13.0. The van der Waals surface area contributed by atoms with E-state index in [-0.39, 0.29) is 5.56 Å². The quantitative estimate of drug-likeness (QED) is 0.445. The first kappa shape index (κ1) is 14.5. The first-order valence-corrected chi connectivity index (χ1v) is 8.55. The van der Waals surface area contributed by atoms with Crippen LogP contribution >= 0.6 is 11.6 Å². The van der Waals surface area contributed by atoms with Gasteiger partial charge >= 0.3 is 5.56 Å². The molecule has 0 saturated carbocycles. The minimum Gasteiger partial charge on any atom is -0.371 e. The molecule has 0 spiro atoms. The number of rotatable bonds is 2. The van der Waals surface area contributed by atoms with Gasteiger partial charge in [-0.15, -0.1) is 4.52 Å². The van der Waals surface area contributed by atoms with Gasteiger partial charge < -0.3 is 4.90 Å². The SMILES string of the molecule is O=c1c2cc(N3CCC3)c3ccccc3[n+]2[nH]n1-c1ccc(Cl)nc1. The number of nitrogens with zero attached hydrogens (tertiary/aromatic N) is 4. The van der Waals surface area contributed by atoms with Crippen molar-refractivity contribution >= 4 is 33.7 Å². The number of fused-ring (bicyclic) bond motifs is 3. The minimum absolute atomic E-state index is 0.114. The second-order valence-electron chi connectivity index (χ2n) is 6.19. The highest BCUT2D eigenvalue weighted by Crippen LogP contribution is 2.28. The predicted octanol–water partition coefficient (Wildman–Crippen LogP) is 2.32. The molecule has 1 aliphatic heterocycles. The Kier molecular flexibility index (Phi) is 3.08. The summed E-state index contributed by atoms with van der Waals surface area (Å²) in [5, 5.41) is 4.69. The van der Waals surface area contributed by atoms with Crippen molar-refractivity contribution in [1.82, 2.24) is 14.9 Å². The zero-order valence-electron chi connectivity index (χ0n) is 13.3. The van der Waals surface area contributed by atoms with E-state index in [4.69, 9.17) is 11.6 Å². The molecule has 0 amide bonds. The summed E-state index contributed by atoms with van der Waals surface area (Å²) in [5.41, 5.74) is 3.22. The molecule has 0 atom stereocenters. The molecule has 1 aliphatic rings. The predicted molar refractivity (Wildman–Crippen MR) is 96.7 cm³/mol. The Hall–Kier alpha value is -2.86. The minimum atomic E-state index is -0.114. The van der Waals surface area contributed by atoms with Gasteiger partial charge in [0.25, 0.3) is 0 Å². The van der Waals surface area contributed by atoms with Crippen LogP contribution in [0.5, 0.6) is 0 Å². The van der Waals surface area contributed by atoms with Gasteiger partial charge in [-0.25, -0.2) is 9.78 Å². The summed E-state index contributed by atoms with van der Waals surface area (Å²) < 4.78 is 3.32. The Morgan fingerprint density at radius 3 is 2.68 bits per heavy atom. The lowest BCUT2D eigenvalue weighted by Gasteiger charge is -2.33. The normalized spacial score (nSPS) is 14.2. The molecule has 1 aromatic carbocycles. The van der Waals surface area contributed by atoms with Crippen LogP contribution < -0.4 is 15.0 Å². The first-order valence-electron chi connectivity index (χ1n) is 8.18. The standard InChI is InChI=1S/C18H14ClN5O/c19-17-7-6-12(11-20-17)23-18(25)16-10-15(22-8-3-9-22)13-4-1-2-5-14(13)24(16)21-23/h1-2,4-7,10-11H,3,8-9H2/p+1. The molecule has 7 heteroatoms. The van der Waals surface area contributed by atoms with Crippen LogP contribution in [0.4, 0.5) is 5.69 Å². The molecule has 1 N–H and O–H groups in total. The molecule has 0 radical (unpaired) electrons. The summed E-state index contributed by atoms with van der Waals surface area (Å²) in [7, 11) is 0. The van der Waals surface area contributed by atoms with Crippen LogP contribution in [-0.2, 0) is 0 Å². The summed E-state index contributed by atoms with van der Waals surface area (Å²) in [5.74, 6) is 0. The third kappa shape index (κ3) is 2.14. The number of aromatic amines is 1. The van der Waals surface area contributed by atoms with E-state index < -0.39 is 0 Å². The van der Waals surface area contributed by atoms with E-state index in [1.165, 1.54) is 11.1 Å². The largest absolute Gasteiger partial charge is 0.406 e. The molecule has 0 bridgehead atoms. The molecular weight excluding hydrogens is 338 g/mol. The molecule has 1 fully saturated rings. The average molecular weight is 353 g/mol. The molecule has 5 rings (SSSR count). The van der Waals surface area contributed by atoms with E-state index in [2.05, 4.69) is 21.2 Å². The van der Waals surface area contributed by atoms with Crippen molar-refractivity contribution < 1.29 is 4.52 Å². The average Bonchev–Trinajstić information content (AvgIpc) is 2.92. The molecule has 0 aliphatic carbocycles. The van der Waals surface area contributed by atoms with Crippen molar-refractivity contribution in [3.05, 3.63) is 64.2 Å². The van der Waals surface area contributed by atoms with Crippen molar-refractivity contribution in [3.8, 4) is 5.69 Å². The molecule has 124 valence electrons. The van der Waals surface area contributed by atoms with Gasteiger partial charge in [0, 0.05) is 24.5 Å². The summed E-state index contributed by atoms with van der Waals surface area (Å²) in [6.07, 6.45) is 2.77. The van der Waals surface area contributed by atoms with E-state index in [0.29, 0.717) is 16.4 Å². The van der Waals surface area contributed by atoms with Gasteiger partial charge in [0.2, 0.25) is 5.52 Å². The van der Waals surface area contributed by atoms with Gasteiger partial charge in [-0.1, -0.05) is 33.6 Å². The van der Waals surface area contributed by atoms with Gasteiger partial charge in [-0.05, 0) is 30.7 Å². The van der Waals surface area contributed by atoms with Gasteiger partial charge in [-0.2, -0.15) is 0 Å². The van der Waals surface area contributed by atoms with E-state index in [1.807, 2.05) is 28.8 Å². The van der Waals surface area contributed by atoms with E-state index in [0.717, 1.165) is 29.7 Å². The fraction of sp³-hybridized carbons (Fsp3) is 0.167. The second kappa shape index (κ2) is 5.32. The Morgan fingerprint density at radius 2 is 1.96 bits per heavy atom. The molecule has 1 saturated heterocycles. The lowest BCUT2D eigenvalue weighted by atomic mass is 10.1. The molecule has 3 aromatic heterocycles. The maximum atomic E-state index is 13.0. The number of H-pyrrole nitrogens is 1. The Labute approximate surface area is 147 Å². The number of hydrogen-bond donors (Lipinski definition) is 1. The highest BCUT2D eigenvalue weighted by molar-refractivity contribution is 6.29. The number of anilines is 1. The monoisotopic (exact) mass is 352 g/mol. The van der Waals surface area contributed by atoms with Crippen LogP contribution in [0.2, 0.25) is 5.15 Å². The molecule has 4 aromatic rings. The maximum Gasteiger partial charge on any atom is 0.406 e. The van der Waals surface area contributed by atoms with Crippen LogP contribution in [0, 0.1) is 0 Å². The van der Waals surface area contributed by atoms with E-state index in [9.17, 15) is 4.79 Å². The number of nitrogens with one attached hydrogen (secondary N) is 1. The number of halogens is 1. The van der Waals surface area contributed by atoms with Crippen LogP contribution in [-0.4, -0.2) is 28.0 Å². The summed E-state index contributed by atoms with van der Waals surface area (Å²) in [4.78, 5) is 19.3. The highest BCUT2D eigenvalue weighted by Gasteiger charge is 2.25. The summed E-state index contributed by atoms with van der Waals surface area (Å²) in [6, 6.07) is 13.5. The number of para-hydroxylation sites is 1. The van der Waals surface area contributed by atoms with Crippen LogP contribution in [0.3, 0.4) is 0 Å². The number of pyridine rings is 2. The van der Waals surface area contributed by atoms with Crippen molar-refractivity contribution in [2.24, 2.45) is 0 Å². The number of aromatic nitrogens is 4. The lowest BCUT2D eigenvalue weighted by molar-refractivity contribution is -0.555. The fourth-order valence-electron chi connectivity index (χ4n) is 3.31. The first-order chi connectivity index (χ1) is 12.2. The zero-order chi connectivity index (χ0) is 17.0. The van der Waals surface area contributed by atoms with Gasteiger partial charge in [0.15, 0.2) is 11.2 Å². The van der Waals surface area contributed by atoms with E-state index in [1.54, 1.807) is 18.3 Å². The molecule has 6 nitrogen and oxygen atoms in total. The Balaban J connectivity index is 1.83. The van der Waals surface area contributed by atoms with Crippen molar-refractivity contribution in [2.45, 2.75) is 6.42 Å². The lowest BCUT2D eigenvalue weighted by Crippen LogP contribution is -2.38. The zero-order valence-corrected chi connectivity index (χ0v) is 14.1. The van der Waals surface area contributed by atoms with Gasteiger partial charge in [0.05, 0.1) is 11.9 Å². The smallest absolute Gasteiger partial charge is 0.371 e. The summed E-state index contributed by atoms with van der Waals surface area (Å²) in [6.45, 7) is 2.06. The van der Waals surface area contributed by atoms with Crippen molar-refractivity contribution in [1.29, 1.82) is 0 Å².